The third kappa shape index (κ3) is 4.40. The molecule has 0 saturated carbocycles. The molecule has 0 fully saturated rings. The van der Waals surface area contributed by atoms with Crippen LogP contribution in [0.2, 0.25) is 0 Å². The lowest BCUT2D eigenvalue weighted by molar-refractivity contribution is -0.690. The normalized spacial score (nSPS) is 16.3. The van der Waals surface area contributed by atoms with Gasteiger partial charge in [-0.1, -0.05) is 72.2 Å². The first-order chi connectivity index (χ1) is 24.3. The molecule has 7 nitrogen and oxygen atoms in total. The molecule has 1 atom stereocenters. The van der Waals surface area contributed by atoms with Crippen molar-refractivity contribution in [3.63, 3.8) is 0 Å². The van der Waals surface area contributed by atoms with E-state index in [0.29, 0.717) is 0 Å². The summed E-state index contributed by atoms with van der Waals surface area (Å²) >= 11 is 1.91. The van der Waals surface area contributed by atoms with Gasteiger partial charge in [0.1, 0.15) is 6.20 Å². The van der Waals surface area contributed by atoms with Crippen LogP contribution in [0.1, 0.15) is 90.2 Å². The van der Waals surface area contributed by atoms with Gasteiger partial charge in [-0.2, -0.15) is 9.67 Å². The van der Waals surface area contributed by atoms with E-state index >= 15 is 0 Å². The number of hydrogen-bond acceptors (Lipinski definition) is 5. The maximum Gasteiger partial charge on any atom is 0.350 e. The van der Waals surface area contributed by atoms with E-state index in [1.807, 2.05) is 23.6 Å². The number of fused-ring (bicyclic) bond motifs is 12. The van der Waals surface area contributed by atoms with E-state index in [1.54, 1.807) is 0 Å². The fraction of sp³-hybridized carbons (Fsp3) is 0.333. The molecule has 8 heteroatoms. The second-order valence-corrected chi connectivity index (χ2v) is 16.0. The van der Waals surface area contributed by atoms with Crippen LogP contribution < -0.4 is 9.13 Å². The van der Waals surface area contributed by atoms with Gasteiger partial charge in [-0.3, -0.25) is 0 Å². The summed E-state index contributed by atoms with van der Waals surface area (Å²) in [6, 6.07) is 22.0. The molecule has 1 unspecified atom stereocenters. The minimum Gasteiger partial charge on any atom is -0.244 e. The zero-order valence-corrected chi connectivity index (χ0v) is 30.6. The molecule has 9 rings (SSSR count). The summed E-state index contributed by atoms with van der Waals surface area (Å²) in [6.45, 7) is 13.4. The quantitative estimate of drug-likeness (QED) is 0.165. The Hall–Kier alpha value is -4.82. The molecule has 0 amide bonds. The first-order valence-corrected chi connectivity index (χ1v) is 18.9. The molecule has 7 heterocycles. The number of nitrogens with zero attached hydrogens (tertiary/aromatic N) is 7. The summed E-state index contributed by atoms with van der Waals surface area (Å²) in [7, 11) is 0. The smallest absolute Gasteiger partial charge is 0.244 e. The Labute approximate surface area is 297 Å². The molecule has 5 aromatic heterocycles. The summed E-state index contributed by atoms with van der Waals surface area (Å²) < 4.78 is 9.71. The van der Waals surface area contributed by atoms with E-state index in [9.17, 15) is 0 Å². The topological polar surface area (TPSA) is 64.2 Å². The highest BCUT2D eigenvalue weighted by Gasteiger charge is 2.49. The van der Waals surface area contributed by atoms with Crippen molar-refractivity contribution in [1.29, 1.82) is 0 Å². The number of aryl methyl sites for hydroxylation is 1. The highest BCUT2D eigenvalue weighted by atomic mass is 32.1. The van der Waals surface area contributed by atoms with Gasteiger partial charge in [-0.05, 0) is 60.5 Å². The Morgan fingerprint density at radius 3 is 2.58 bits per heavy atom. The summed E-state index contributed by atoms with van der Waals surface area (Å²) in [6.07, 6.45) is 13.9. The standard InChI is InChI=1S/C42H43N7S/c1-7-10-15-26-16-13-19-33-34(26)28-21-20-27-35(37(28)50-33)32-25-44-29-17-14-22-43-38(29)48(32)36(27)31-24-42(8-2,9-3)49-39(30-18-11-12-23-47(30)31)45-40(46-49)41(4,5)6/h11-14,16-25,36H,7-10,15H2,1-6H3/q+2. The van der Waals surface area contributed by atoms with Crippen molar-refractivity contribution < 1.29 is 9.13 Å². The van der Waals surface area contributed by atoms with Crippen LogP contribution in [0, 0.1) is 0 Å². The monoisotopic (exact) mass is 677 g/mol. The highest BCUT2D eigenvalue weighted by Crippen LogP contribution is 2.49. The van der Waals surface area contributed by atoms with Crippen molar-refractivity contribution in [2.24, 2.45) is 0 Å². The van der Waals surface area contributed by atoms with Gasteiger partial charge in [0, 0.05) is 54.9 Å². The summed E-state index contributed by atoms with van der Waals surface area (Å²) in [5.41, 5.74) is 8.52. The number of pyridine rings is 2. The van der Waals surface area contributed by atoms with Crippen molar-refractivity contribution in [3.05, 3.63) is 102 Å². The van der Waals surface area contributed by atoms with Crippen LogP contribution in [-0.4, -0.2) is 24.7 Å². The molecule has 0 N–H and O–H groups in total. The average Bonchev–Trinajstić information content (AvgIpc) is 3.83. The van der Waals surface area contributed by atoms with Gasteiger partial charge < -0.3 is 0 Å². The molecule has 2 aliphatic heterocycles. The molecule has 0 aliphatic carbocycles. The number of thiophene rings is 1. The van der Waals surface area contributed by atoms with Crippen molar-refractivity contribution in [2.45, 2.75) is 90.6 Å². The Balaban J connectivity index is 1.38. The molecular formula is C42H43N7S+2. The largest absolute Gasteiger partial charge is 0.350 e. The van der Waals surface area contributed by atoms with Gasteiger partial charge in [0.05, 0.1) is 11.7 Å². The van der Waals surface area contributed by atoms with Gasteiger partial charge in [-0.15, -0.1) is 11.3 Å². The second-order valence-electron chi connectivity index (χ2n) is 14.9. The van der Waals surface area contributed by atoms with E-state index in [4.69, 9.17) is 20.1 Å². The van der Waals surface area contributed by atoms with Gasteiger partial charge >= 0.3 is 5.65 Å². The third-order valence-electron chi connectivity index (χ3n) is 11.0. The molecule has 0 radical (unpaired) electrons. The Morgan fingerprint density at radius 2 is 1.78 bits per heavy atom. The van der Waals surface area contributed by atoms with Crippen molar-refractivity contribution >= 4 is 48.4 Å². The highest BCUT2D eigenvalue weighted by molar-refractivity contribution is 7.26. The van der Waals surface area contributed by atoms with Gasteiger partial charge in [0.25, 0.3) is 5.69 Å². The Bertz CT molecular complexity index is 2510. The summed E-state index contributed by atoms with van der Waals surface area (Å²) in [5, 5.41) is 8.03. The van der Waals surface area contributed by atoms with Crippen LogP contribution in [-0.2, 0) is 17.4 Å². The maximum absolute atomic E-state index is 5.29. The predicted molar refractivity (Wildman–Crippen MR) is 202 cm³/mol. The lowest BCUT2D eigenvalue weighted by Gasteiger charge is -2.28. The molecule has 7 aromatic rings. The zero-order valence-electron chi connectivity index (χ0n) is 29.7. The number of unbranched alkanes of at least 4 members (excludes halogenated alkanes) is 1. The van der Waals surface area contributed by atoms with E-state index in [-0.39, 0.29) is 17.0 Å². The summed E-state index contributed by atoms with van der Waals surface area (Å²) in [5.74, 6) is 1.77. The van der Waals surface area contributed by atoms with Crippen molar-refractivity contribution in [2.75, 3.05) is 0 Å². The molecule has 50 heavy (non-hydrogen) atoms. The first-order valence-electron chi connectivity index (χ1n) is 18.1. The second kappa shape index (κ2) is 11.4. The molecule has 0 spiro atoms. The van der Waals surface area contributed by atoms with Gasteiger partial charge in [0.15, 0.2) is 23.2 Å². The van der Waals surface area contributed by atoms with Crippen LogP contribution in [0.5, 0.6) is 0 Å². The van der Waals surface area contributed by atoms with Crippen LogP contribution in [0.15, 0.2) is 85.3 Å². The molecule has 2 aromatic carbocycles. The molecular weight excluding hydrogens is 635 g/mol. The van der Waals surface area contributed by atoms with Crippen LogP contribution in [0.4, 0.5) is 0 Å². The molecule has 2 aliphatic rings. The minimum absolute atomic E-state index is 0.148. The van der Waals surface area contributed by atoms with Crippen molar-refractivity contribution in [3.8, 4) is 22.8 Å². The summed E-state index contributed by atoms with van der Waals surface area (Å²) in [4.78, 5) is 15.3. The molecule has 0 bridgehead atoms. The molecule has 250 valence electrons. The first kappa shape index (κ1) is 31.2. The Morgan fingerprint density at radius 1 is 0.920 bits per heavy atom. The number of aromatic nitrogens is 7. The third-order valence-corrected chi connectivity index (χ3v) is 12.1. The number of rotatable bonds is 6. The number of allylic oxidation sites excluding steroid dienone is 2. The van der Waals surface area contributed by atoms with E-state index in [2.05, 4.69) is 128 Å². The number of benzene rings is 2. The fourth-order valence-corrected chi connectivity index (χ4v) is 9.55. The van der Waals surface area contributed by atoms with Gasteiger partial charge in [-0.25, -0.2) is 19.2 Å². The molecule has 0 saturated heterocycles. The van der Waals surface area contributed by atoms with E-state index < -0.39 is 0 Å². The van der Waals surface area contributed by atoms with E-state index in [1.165, 1.54) is 55.4 Å². The number of hydrogen-bond donors (Lipinski definition) is 0. The lowest BCUT2D eigenvalue weighted by atomic mass is 9.89. The lowest BCUT2D eigenvalue weighted by Crippen LogP contribution is -2.48. The average molecular weight is 678 g/mol. The van der Waals surface area contributed by atoms with Crippen molar-refractivity contribution in [1.82, 2.24) is 24.7 Å². The van der Waals surface area contributed by atoms with Crippen LogP contribution >= 0.6 is 11.3 Å². The SMILES string of the molecule is CCCCc1cccc2sc3c4c(ccc3c12)C(C1=CC(CC)(CC)n2nc(C(C)(C)C)nc2-c2cccc[n+]21)[n+]1c-4cnc2cccnc21. The van der Waals surface area contributed by atoms with E-state index in [0.717, 1.165) is 53.5 Å². The van der Waals surface area contributed by atoms with Gasteiger partial charge in [0.2, 0.25) is 17.6 Å². The minimum atomic E-state index is -0.386. The predicted octanol–water partition coefficient (Wildman–Crippen LogP) is 9.11. The maximum atomic E-state index is 5.29. The zero-order chi connectivity index (χ0) is 34.4. The van der Waals surface area contributed by atoms with Crippen LogP contribution in [0.3, 0.4) is 0 Å². The van der Waals surface area contributed by atoms with Crippen LogP contribution in [0.25, 0.3) is 59.8 Å². The fourth-order valence-electron chi connectivity index (χ4n) is 8.23. The Kier molecular flexibility index (Phi) is 7.08.